The van der Waals surface area contributed by atoms with E-state index in [-0.39, 0.29) is 24.2 Å². The lowest BCUT2D eigenvalue weighted by Crippen LogP contribution is -2.43. The summed E-state index contributed by atoms with van der Waals surface area (Å²) in [6.45, 7) is 0.573. The first kappa shape index (κ1) is 14.0. The second-order valence-electron chi connectivity index (χ2n) is 5.90. The minimum absolute atomic E-state index is 0.0446. The fraction of sp³-hybridized carbons (Fsp3) is 0.562. The smallest absolute Gasteiger partial charge is 0.307 e. The second-order valence-corrected chi connectivity index (χ2v) is 5.90. The second kappa shape index (κ2) is 5.84. The zero-order valence-corrected chi connectivity index (χ0v) is 12.0. The summed E-state index contributed by atoms with van der Waals surface area (Å²) in [5, 5.41) is 2.95. The van der Waals surface area contributed by atoms with E-state index in [9.17, 15) is 9.59 Å². The molecule has 1 aromatic heterocycles. The molecule has 3 rings (SSSR count). The summed E-state index contributed by atoms with van der Waals surface area (Å²) >= 11 is 0. The summed E-state index contributed by atoms with van der Waals surface area (Å²) in [5.74, 6) is -0.590. The molecule has 1 aliphatic heterocycles. The van der Waals surface area contributed by atoms with Crippen molar-refractivity contribution >= 4 is 11.9 Å². The highest BCUT2D eigenvalue weighted by Crippen LogP contribution is 2.45. The Morgan fingerprint density at radius 1 is 1.33 bits per heavy atom. The third kappa shape index (κ3) is 2.91. The van der Waals surface area contributed by atoms with Gasteiger partial charge in [0.05, 0.1) is 12.3 Å². The van der Waals surface area contributed by atoms with E-state index < -0.39 is 5.60 Å². The van der Waals surface area contributed by atoms with E-state index in [0.717, 1.165) is 37.7 Å². The number of amides is 1. The monoisotopic (exact) mass is 288 g/mol. The summed E-state index contributed by atoms with van der Waals surface area (Å²) in [6, 6.07) is 3.87. The maximum absolute atomic E-state index is 12.4. The maximum Gasteiger partial charge on any atom is 0.307 e. The van der Waals surface area contributed by atoms with E-state index in [1.54, 1.807) is 12.4 Å². The van der Waals surface area contributed by atoms with Crippen molar-refractivity contribution in [3.63, 3.8) is 0 Å². The van der Waals surface area contributed by atoms with Crippen molar-refractivity contribution in [1.82, 2.24) is 10.3 Å². The molecule has 1 N–H and O–H groups in total. The Balaban J connectivity index is 1.56. The third-order valence-corrected chi connectivity index (χ3v) is 4.55. The number of rotatable bonds is 4. The fourth-order valence-corrected chi connectivity index (χ4v) is 3.45. The molecule has 112 valence electrons. The number of carbonyl (C=O) groups excluding carboxylic acids is 2. The highest BCUT2D eigenvalue weighted by Gasteiger charge is 2.53. The van der Waals surface area contributed by atoms with Gasteiger partial charge in [-0.2, -0.15) is 0 Å². The zero-order chi connectivity index (χ0) is 14.7. The first-order chi connectivity index (χ1) is 10.2. The minimum Gasteiger partial charge on any atom is -0.458 e. The summed E-state index contributed by atoms with van der Waals surface area (Å²) < 4.78 is 5.50. The van der Waals surface area contributed by atoms with Gasteiger partial charge in [0.1, 0.15) is 5.60 Å². The fourth-order valence-electron chi connectivity index (χ4n) is 3.45. The van der Waals surface area contributed by atoms with Gasteiger partial charge in [-0.1, -0.05) is 0 Å². The Hall–Kier alpha value is -1.91. The molecule has 5 heteroatoms. The maximum atomic E-state index is 12.4. The van der Waals surface area contributed by atoms with Crippen molar-refractivity contribution in [3.05, 3.63) is 30.1 Å². The van der Waals surface area contributed by atoms with Crippen molar-refractivity contribution in [1.29, 1.82) is 0 Å². The highest BCUT2D eigenvalue weighted by atomic mass is 16.6. The Kier molecular flexibility index (Phi) is 3.90. The number of nitrogens with zero attached hydrogens (tertiary/aromatic N) is 1. The molecule has 21 heavy (non-hydrogen) atoms. The number of hydrogen-bond donors (Lipinski definition) is 1. The molecule has 2 aliphatic rings. The predicted molar refractivity (Wildman–Crippen MR) is 76.3 cm³/mol. The van der Waals surface area contributed by atoms with Crippen molar-refractivity contribution in [2.75, 3.05) is 6.54 Å². The summed E-state index contributed by atoms with van der Waals surface area (Å²) in [4.78, 5) is 28.0. The molecule has 5 nitrogen and oxygen atoms in total. The molecule has 1 saturated carbocycles. The summed E-state index contributed by atoms with van der Waals surface area (Å²) in [5.41, 5.74) is 0.623. The number of nitrogens with one attached hydrogen (secondary N) is 1. The SMILES string of the molecule is O=C1CC(C(=O)NCCc2ccncc2)C2(CCCC2)O1. The van der Waals surface area contributed by atoms with Crippen molar-refractivity contribution in [2.24, 2.45) is 5.92 Å². The van der Waals surface area contributed by atoms with E-state index in [0.29, 0.717) is 6.54 Å². The molecule has 1 saturated heterocycles. The minimum atomic E-state index is -0.516. The zero-order valence-electron chi connectivity index (χ0n) is 12.0. The van der Waals surface area contributed by atoms with Gasteiger partial charge in [0.25, 0.3) is 0 Å². The summed E-state index contributed by atoms with van der Waals surface area (Å²) in [7, 11) is 0. The average Bonchev–Trinajstić information content (AvgIpc) is 3.07. The van der Waals surface area contributed by atoms with Crippen molar-refractivity contribution in [3.8, 4) is 0 Å². The number of carbonyl (C=O) groups is 2. The largest absolute Gasteiger partial charge is 0.458 e. The third-order valence-electron chi connectivity index (χ3n) is 4.55. The molecule has 0 aromatic carbocycles. The van der Waals surface area contributed by atoms with Gasteiger partial charge in [-0.15, -0.1) is 0 Å². The molecule has 0 radical (unpaired) electrons. The molecule has 1 amide bonds. The van der Waals surface area contributed by atoms with Crippen LogP contribution >= 0.6 is 0 Å². The Morgan fingerprint density at radius 3 is 2.76 bits per heavy atom. The van der Waals surface area contributed by atoms with E-state index in [1.165, 1.54) is 0 Å². The molecule has 0 bridgehead atoms. The van der Waals surface area contributed by atoms with Crippen LogP contribution in [-0.2, 0) is 20.7 Å². The Labute approximate surface area is 124 Å². The average molecular weight is 288 g/mol. The van der Waals surface area contributed by atoms with Gasteiger partial charge in [-0.05, 0) is 49.8 Å². The van der Waals surface area contributed by atoms with E-state index in [4.69, 9.17) is 4.74 Å². The van der Waals surface area contributed by atoms with Gasteiger partial charge in [0.15, 0.2) is 0 Å². The van der Waals surface area contributed by atoms with Crippen LogP contribution in [0, 0.1) is 5.92 Å². The van der Waals surface area contributed by atoms with Crippen LogP contribution in [0.1, 0.15) is 37.7 Å². The van der Waals surface area contributed by atoms with Crippen LogP contribution in [0.5, 0.6) is 0 Å². The van der Waals surface area contributed by atoms with Crippen molar-refractivity contribution in [2.45, 2.75) is 44.1 Å². The van der Waals surface area contributed by atoms with Gasteiger partial charge < -0.3 is 10.1 Å². The molecule has 2 fully saturated rings. The molecule has 1 atom stereocenters. The lowest BCUT2D eigenvalue weighted by Gasteiger charge is -2.27. The van der Waals surface area contributed by atoms with Gasteiger partial charge >= 0.3 is 5.97 Å². The Morgan fingerprint density at radius 2 is 2.05 bits per heavy atom. The normalized spacial score (nSPS) is 23.2. The van der Waals surface area contributed by atoms with Crippen LogP contribution in [0.4, 0.5) is 0 Å². The first-order valence-electron chi connectivity index (χ1n) is 7.58. The lowest BCUT2D eigenvalue weighted by atomic mass is 9.85. The number of esters is 1. The predicted octanol–water partition coefficient (Wildman–Crippen LogP) is 1.62. The lowest BCUT2D eigenvalue weighted by molar-refractivity contribution is -0.149. The van der Waals surface area contributed by atoms with Crippen LogP contribution in [0.25, 0.3) is 0 Å². The van der Waals surface area contributed by atoms with Gasteiger partial charge in [-0.25, -0.2) is 0 Å². The molecular weight excluding hydrogens is 268 g/mol. The molecule has 1 unspecified atom stereocenters. The summed E-state index contributed by atoms with van der Waals surface area (Å²) in [6.07, 6.45) is 8.19. The molecular formula is C16H20N2O3. The van der Waals surface area contributed by atoms with Crippen LogP contribution in [0.15, 0.2) is 24.5 Å². The molecule has 1 aromatic rings. The van der Waals surface area contributed by atoms with Crippen LogP contribution in [-0.4, -0.2) is 29.0 Å². The molecule has 1 aliphatic carbocycles. The number of hydrogen-bond acceptors (Lipinski definition) is 4. The standard InChI is InChI=1S/C16H20N2O3/c19-14-11-13(16(21-14)6-1-2-7-16)15(20)18-10-5-12-3-8-17-9-4-12/h3-4,8-9,13H,1-2,5-7,10-11H2,(H,18,20). The van der Waals surface area contributed by atoms with Crippen LogP contribution in [0.2, 0.25) is 0 Å². The van der Waals surface area contributed by atoms with E-state index >= 15 is 0 Å². The van der Waals surface area contributed by atoms with E-state index in [1.807, 2.05) is 12.1 Å². The number of aromatic nitrogens is 1. The first-order valence-corrected chi connectivity index (χ1v) is 7.58. The van der Waals surface area contributed by atoms with Gasteiger partial charge in [-0.3, -0.25) is 14.6 Å². The molecule has 2 heterocycles. The highest BCUT2D eigenvalue weighted by molar-refractivity contribution is 5.87. The number of ether oxygens (including phenoxy) is 1. The van der Waals surface area contributed by atoms with Gasteiger partial charge in [0.2, 0.25) is 5.91 Å². The van der Waals surface area contributed by atoms with Gasteiger partial charge in [0, 0.05) is 18.9 Å². The Bertz CT molecular complexity index is 524. The van der Waals surface area contributed by atoms with Crippen LogP contribution < -0.4 is 5.32 Å². The quantitative estimate of drug-likeness (QED) is 0.855. The van der Waals surface area contributed by atoms with Crippen LogP contribution in [0.3, 0.4) is 0 Å². The number of pyridine rings is 1. The topological polar surface area (TPSA) is 68.3 Å². The van der Waals surface area contributed by atoms with Crippen molar-refractivity contribution < 1.29 is 14.3 Å². The molecule has 1 spiro atoms. The van der Waals surface area contributed by atoms with E-state index in [2.05, 4.69) is 10.3 Å².